The lowest BCUT2D eigenvalue weighted by molar-refractivity contribution is 0.0662. The van der Waals surface area contributed by atoms with Crippen molar-refractivity contribution in [3.05, 3.63) is 35.2 Å². The molecule has 0 radical (unpaired) electrons. The zero-order valence-electron chi connectivity index (χ0n) is 15.2. The Morgan fingerprint density at radius 1 is 1.35 bits per heavy atom. The Morgan fingerprint density at radius 2 is 2.19 bits per heavy atom. The second-order valence-electron chi connectivity index (χ2n) is 6.99. The quantitative estimate of drug-likeness (QED) is 0.901. The van der Waals surface area contributed by atoms with E-state index in [1.54, 1.807) is 11.1 Å². The summed E-state index contributed by atoms with van der Waals surface area (Å²) in [6, 6.07) is 1.96. The van der Waals surface area contributed by atoms with E-state index in [0.717, 1.165) is 24.4 Å². The van der Waals surface area contributed by atoms with Gasteiger partial charge in [-0.05, 0) is 32.8 Å². The first kappa shape index (κ1) is 16.8. The number of rotatable bonds is 3. The molecule has 26 heavy (non-hydrogen) atoms. The molecule has 2 aliphatic rings. The summed E-state index contributed by atoms with van der Waals surface area (Å²) < 4.78 is 1.89. The number of aryl methyl sites for hydroxylation is 1. The third-order valence-corrected chi connectivity index (χ3v) is 5.50. The number of H-pyrrole nitrogens is 1. The predicted octanol–water partition coefficient (Wildman–Crippen LogP) is 1.41. The van der Waals surface area contributed by atoms with Gasteiger partial charge in [-0.25, -0.2) is 4.98 Å². The van der Waals surface area contributed by atoms with Crippen molar-refractivity contribution in [2.24, 2.45) is 0 Å². The molecule has 8 nitrogen and oxygen atoms in total. The molecule has 1 saturated heterocycles. The normalized spacial score (nSPS) is 20.4. The van der Waals surface area contributed by atoms with Crippen LogP contribution in [0.1, 0.15) is 58.2 Å². The Morgan fingerprint density at radius 3 is 2.92 bits per heavy atom. The van der Waals surface area contributed by atoms with Gasteiger partial charge in [-0.3, -0.25) is 14.7 Å². The highest BCUT2D eigenvalue weighted by Gasteiger charge is 2.35. The smallest absolute Gasteiger partial charge is 0.274 e. The van der Waals surface area contributed by atoms with Crippen molar-refractivity contribution in [3.63, 3.8) is 0 Å². The minimum absolute atomic E-state index is 0.0928. The monoisotopic (exact) mass is 356 g/mol. The topological polar surface area (TPSA) is 87.1 Å². The highest BCUT2D eigenvalue weighted by molar-refractivity contribution is 6.05. The first-order valence-corrected chi connectivity index (χ1v) is 9.25. The van der Waals surface area contributed by atoms with Gasteiger partial charge in [0.15, 0.2) is 5.69 Å². The maximum atomic E-state index is 13.2. The number of likely N-dealkylation sites (tertiary alicyclic amines) is 1. The number of aromatic amines is 1. The lowest BCUT2D eigenvalue weighted by Gasteiger charge is -2.32. The summed E-state index contributed by atoms with van der Waals surface area (Å²) in [6.45, 7) is 7.13. The van der Waals surface area contributed by atoms with E-state index < -0.39 is 0 Å². The second kappa shape index (κ2) is 6.59. The standard InChI is InChI=1S/C18H24N6O2/c1-3-22-9-10-24-12(2)20-15(16(24)18(22)26)17(25)23-8-4-5-13(11-23)14-6-7-19-21-14/h6-7,13H,3-5,8-11H2,1-2H3,(H,19,21)/t13-/m1/s1. The molecule has 138 valence electrons. The number of hydrogen-bond donors (Lipinski definition) is 1. The van der Waals surface area contributed by atoms with Crippen molar-refractivity contribution in [2.75, 3.05) is 26.2 Å². The molecule has 8 heteroatoms. The highest BCUT2D eigenvalue weighted by atomic mass is 16.2. The summed E-state index contributed by atoms with van der Waals surface area (Å²) in [5.41, 5.74) is 1.80. The Hall–Kier alpha value is -2.64. The molecule has 0 unspecified atom stereocenters. The molecule has 4 heterocycles. The molecule has 0 bridgehead atoms. The van der Waals surface area contributed by atoms with Gasteiger partial charge in [0.2, 0.25) is 0 Å². The maximum Gasteiger partial charge on any atom is 0.274 e. The maximum absolute atomic E-state index is 13.2. The molecule has 0 spiro atoms. The van der Waals surface area contributed by atoms with Crippen molar-refractivity contribution in [2.45, 2.75) is 39.2 Å². The van der Waals surface area contributed by atoms with Gasteiger partial charge in [-0.15, -0.1) is 0 Å². The Labute approximate surface area is 152 Å². The zero-order valence-corrected chi connectivity index (χ0v) is 15.2. The average Bonchev–Trinajstić information content (AvgIpc) is 3.30. The Bertz CT molecular complexity index is 825. The number of hydrogen-bond acceptors (Lipinski definition) is 4. The Kier molecular flexibility index (Phi) is 4.26. The van der Waals surface area contributed by atoms with Crippen LogP contribution in [0.5, 0.6) is 0 Å². The summed E-state index contributed by atoms with van der Waals surface area (Å²) in [5.74, 6) is 0.745. The van der Waals surface area contributed by atoms with Crippen LogP contribution in [0.15, 0.2) is 12.3 Å². The number of carbonyl (C=O) groups excluding carboxylic acids is 2. The van der Waals surface area contributed by atoms with Crippen molar-refractivity contribution in [3.8, 4) is 0 Å². The van der Waals surface area contributed by atoms with E-state index in [1.807, 2.05) is 29.4 Å². The Balaban J connectivity index is 1.62. The lowest BCUT2D eigenvalue weighted by atomic mass is 9.94. The van der Waals surface area contributed by atoms with E-state index in [-0.39, 0.29) is 17.7 Å². The molecular formula is C18H24N6O2. The number of nitrogens with one attached hydrogen (secondary N) is 1. The molecule has 1 N–H and O–H groups in total. The van der Waals surface area contributed by atoms with Crippen molar-refractivity contribution in [1.29, 1.82) is 0 Å². The van der Waals surface area contributed by atoms with Gasteiger partial charge in [-0.2, -0.15) is 5.10 Å². The van der Waals surface area contributed by atoms with Crippen LogP contribution in [-0.2, 0) is 6.54 Å². The van der Waals surface area contributed by atoms with Crippen LogP contribution in [0, 0.1) is 6.92 Å². The van der Waals surface area contributed by atoms with Gasteiger partial charge >= 0.3 is 0 Å². The van der Waals surface area contributed by atoms with Crippen LogP contribution in [0.3, 0.4) is 0 Å². The molecule has 2 amide bonds. The second-order valence-corrected chi connectivity index (χ2v) is 6.99. The van der Waals surface area contributed by atoms with Gasteiger partial charge in [-0.1, -0.05) is 0 Å². The molecule has 0 aromatic carbocycles. The first-order valence-electron chi connectivity index (χ1n) is 9.25. The van der Waals surface area contributed by atoms with Crippen molar-refractivity contribution in [1.82, 2.24) is 29.5 Å². The molecular weight excluding hydrogens is 332 g/mol. The number of fused-ring (bicyclic) bond motifs is 1. The number of piperidine rings is 1. The summed E-state index contributed by atoms with van der Waals surface area (Å²) in [5, 5.41) is 7.03. The highest BCUT2D eigenvalue weighted by Crippen LogP contribution is 2.27. The molecule has 2 aromatic heterocycles. The van der Waals surface area contributed by atoms with Crippen LogP contribution in [0.25, 0.3) is 0 Å². The van der Waals surface area contributed by atoms with E-state index in [0.29, 0.717) is 44.1 Å². The number of carbonyl (C=O) groups is 2. The van der Waals surface area contributed by atoms with Crippen LogP contribution < -0.4 is 0 Å². The van der Waals surface area contributed by atoms with Gasteiger partial charge in [0.1, 0.15) is 11.5 Å². The minimum Gasteiger partial charge on any atom is -0.337 e. The fourth-order valence-corrected chi connectivity index (χ4v) is 4.04. The van der Waals surface area contributed by atoms with Crippen LogP contribution in [-0.4, -0.2) is 67.5 Å². The fourth-order valence-electron chi connectivity index (χ4n) is 4.04. The van der Waals surface area contributed by atoms with Gasteiger partial charge in [0, 0.05) is 50.5 Å². The zero-order chi connectivity index (χ0) is 18.3. The third kappa shape index (κ3) is 2.69. The molecule has 2 aliphatic heterocycles. The summed E-state index contributed by atoms with van der Waals surface area (Å²) in [4.78, 5) is 34.1. The van der Waals surface area contributed by atoms with E-state index in [9.17, 15) is 9.59 Å². The summed E-state index contributed by atoms with van der Waals surface area (Å²) in [6.07, 6.45) is 3.69. The van der Waals surface area contributed by atoms with Crippen LogP contribution in [0.2, 0.25) is 0 Å². The minimum atomic E-state index is -0.141. The number of likely N-dealkylation sites (N-methyl/N-ethyl adjacent to an activating group) is 1. The number of aromatic nitrogens is 4. The van der Waals surface area contributed by atoms with Crippen molar-refractivity contribution >= 4 is 11.8 Å². The van der Waals surface area contributed by atoms with Gasteiger partial charge in [0.05, 0.1) is 0 Å². The molecule has 0 saturated carbocycles. The average molecular weight is 356 g/mol. The molecule has 1 atom stereocenters. The predicted molar refractivity (Wildman–Crippen MR) is 95.0 cm³/mol. The van der Waals surface area contributed by atoms with Crippen LogP contribution >= 0.6 is 0 Å². The molecule has 0 aliphatic carbocycles. The first-order chi connectivity index (χ1) is 12.6. The SMILES string of the molecule is CCN1CCn2c(C)nc(C(=O)N3CCC[C@@H](c4ccn[nH]4)C3)c2C1=O. The van der Waals surface area contributed by atoms with Crippen LogP contribution in [0.4, 0.5) is 0 Å². The summed E-state index contributed by atoms with van der Waals surface area (Å²) in [7, 11) is 0. The molecule has 1 fully saturated rings. The number of amides is 2. The van der Waals surface area contributed by atoms with E-state index in [4.69, 9.17) is 0 Å². The summed E-state index contributed by atoms with van der Waals surface area (Å²) >= 11 is 0. The number of nitrogens with zero attached hydrogens (tertiary/aromatic N) is 5. The van der Waals surface area contributed by atoms with E-state index in [1.165, 1.54) is 0 Å². The van der Waals surface area contributed by atoms with Crippen molar-refractivity contribution < 1.29 is 9.59 Å². The largest absolute Gasteiger partial charge is 0.337 e. The molecule has 2 aromatic rings. The van der Waals surface area contributed by atoms with Gasteiger partial charge < -0.3 is 14.4 Å². The number of imidazole rings is 1. The third-order valence-electron chi connectivity index (χ3n) is 5.50. The fraction of sp³-hybridized carbons (Fsp3) is 0.556. The van der Waals surface area contributed by atoms with Gasteiger partial charge in [0.25, 0.3) is 11.8 Å². The van der Waals surface area contributed by atoms with E-state index >= 15 is 0 Å². The molecule has 4 rings (SSSR count). The lowest BCUT2D eigenvalue weighted by Crippen LogP contribution is -2.43. The van der Waals surface area contributed by atoms with E-state index in [2.05, 4.69) is 15.2 Å².